The Labute approximate surface area is 134 Å². The predicted octanol–water partition coefficient (Wildman–Crippen LogP) is 3.89. The molecule has 2 N–H and O–H groups in total. The van der Waals surface area contributed by atoms with Crippen molar-refractivity contribution >= 4 is 23.1 Å². The lowest BCUT2D eigenvalue weighted by Crippen LogP contribution is -2.38. The van der Waals surface area contributed by atoms with E-state index in [0.29, 0.717) is 24.0 Å². The third-order valence-corrected chi connectivity index (χ3v) is 3.96. The maximum absolute atomic E-state index is 11.9. The van der Waals surface area contributed by atoms with E-state index in [4.69, 9.17) is 4.74 Å². The summed E-state index contributed by atoms with van der Waals surface area (Å²) in [5.41, 5.74) is 3.37. The summed E-state index contributed by atoms with van der Waals surface area (Å²) in [5.74, 6) is 1.08. The number of urea groups is 1. The molecule has 0 saturated heterocycles. The smallest absolute Gasteiger partial charge is 0.319 e. The molecule has 2 amide bonds. The van der Waals surface area contributed by atoms with Crippen LogP contribution in [0, 0.1) is 5.92 Å². The van der Waals surface area contributed by atoms with Gasteiger partial charge in [0.1, 0.15) is 12.4 Å². The van der Waals surface area contributed by atoms with E-state index in [1.54, 1.807) is 11.6 Å². The molecule has 0 spiro atoms. The van der Waals surface area contributed by atoms with Gasteiger partial charge in [0.25, 0.3) is 0 Å². The van der Waals surface area contributed by atoms with Gasteiger partial charge in [-0.2, -0.15) is 0 Å². The van der Waals surface area contributed by atoms with Crippen molar-refractivity contribution in [1.29, 1.82) is 0 Å². The number of carbonyl (C=O) groups is 1. The maximum Gasteiger partial charge on any atom is 0.319 e. The number of hydrogen-bond acceptors (Lipinski definition) is 4. The molecule has 5 nitrogen and oxygen atoms in total. The van der Waals surface area contributed by atoms with Crippen LogP contribution in [0.5, 0.6) is 5.75 Å². The van der Waals surface area contributed by atoms with Crippen LogP contribution in [0.15, 0.2) is 35.2 Å². The molecule has 0 radical (unpaired) electrons. The van der Waals surface area contributed by atoms with Crippen molar-refractivity contribution < 1.29 is 9.53 Å². The molecule has 2 aromatic rings. The summed E-state index contributed by atoms with van der Waals surface area (Å²) in [7, 11) is 0. The monoisotopic (exact) mass is 319 g/mol. The van der Waals surface area contributed by atoms with Crippen molar-refractivity contribution in [3.8, 4) is 5.75 Å². The molecule has 0 aliphatic carbocycles. The molecular weight excluding hydrogens is 298 g/mol. The highest BCUT2D eigenvalue weighted by molar-refractivity contribution is 7.07. The van der Waals surface area contributed by atoms with Crippen LogP contribution in [0.25, 0.3) is 0 Å². The first kappa shape index (κ1) is 16.3. The molecule has 1 heterocycles. The number of thiazole rings is 1. The summed E-state index contributed by atoms with van der Waals surface area (Å²) in [4.78, 5) is 16.1. The Morgan fingerprint density at radius 2 is 2.18 bits per heavy atom. The fraction of sp³-hybridized carbons (Fsp3) is 0.375. The van der Waals surface area contributed by atoms with Crippen LogP contribution < -0.4 is 15.4 Å². The first-order valence-electron chi connectivity index (χ1n) is 7.22. The SMILES string of the molecule is CC(C)C(C)NC(=O)Nc1cccc(OCc2cscn2)c1. The zero-order valence-corrected chi connectivity index (χ0v) is 13.8. The van der Waals surface area contributed by atoms with Crippen LogP contribution in [0.1, 0.15) is 26.5 Å². The topological polar surface area (TPSA) is 63.2 Å². The van der Waals surface area contributed by atoms with E-state index in [1.807, 2.05) is 30.5 Å². The highest BCUT2D eigenvalue weighted by atomic mass is 32.1. The van der Waals surface area contributed by atoms with Gasteiger partial charge in [-0.3, -0.25) is 0 Å². The van der Waals surface area contributed by atoms with Gasteiger partial charge >= 0.3 is 6.03 Å². The summed E-state index contributed by atoms with van der Waals surface area (Å²) in [5, 5.41) is 7.67. The fourth-order valence-corrected chi connectivity index (χ4v) is 2.21. The summed E-state index contributed by atoms with van der Waals surface area (Å²) < 4.78 is 5.66. The van der Waals surface area contributed by atoms with Gasteiger partial charge in [-0.05, 0) is 25.0 Å². The van der Waals surface area contributed by atoms with E-state index in [-0.39, 0.29) is 12.1 Å². The van der Waals surface area contributed by atoms with Gasteiger partial charge in [0.05, 0.1) is 11.2 Å². The van der Waals surface area contributed by atoms with E-state index in [9.17, 15) is 4.79 Å². The molecule has 2 rings (SSSR count). The first-order chi connectivity index (χ1) is 10.5. The molecule has 0 bridgehead atoms. The van der Waals surface area contributed by atoms with Crippen LogP contribution in [0.4, 0.5) is 10.5 Å². The molecule has 0 aliphatic heterocycles. The predicted molar refractivity (Wildman–Crippen MR) is 89.3 cm³/mol. The molecule has 0 fully saturated rings. The minimum Gasteiger partial charge on any atom is -0.487 e. The van der Waals surface area contributed by atoms with Crippen LogP contribution in [-0.4, -0.2) is 17.1 Å². The Kier molecular flexibility index (Phi) is 5.77. The number of rotatable bonds is 6. The Balaban J connectivity index is 1.89. The summed E-state index contributed by atoms with van der Waals surface area (Å²) in [6, 6.07) is 7.23. The minimum absolute atomic E-state index is 0.115. The van der Waals surface area contributed by atoms with E-state index in [1.165, 1.54) is 11.3 Å². The van der Waals surface area contributed by atoms with Gasteiger partial charge in [-0.1, -0.05) is 19.9 Å². The van der Waals surface area contributed by atoms with Crippen molar-refractivity contribution in [2.24, 2.45) is 5.92 Å². The zero-order valence-electron chi connectivity index (χ0n) is 13.0. The molecule has 6 heteroatoms. The van der Waals surface area contributed by atoms with Crippen LogP contribution in [0.2, 0.25) is 0 Å². The van der Waals surface area contributed by atoms with E-state index < -0.39 is 0 Å². The average molecular weight is 319 g/mol. The molecule has 1 unspecified atom stereocenters. The molecule has 1 aromatic carbocycles. The lowest BCUT2D eigenvalue weighted by atomic mass is 10.1. The number of hydrogen-bond donors (Lipinski definition) is 2. The van der Waals surface area contributed by atoms with Crippen molar-refractivity contribution in [3.05, 3.63) is 40.8 Å². The number of nitrogens with zero attached hydrogens (tertiary/aromatic N) is 1. The van der Waals surface area contributed by atoms with Gasteiger partial charge < -0.3 is 15.4 Å². The summed E-state index contributed by atoms with van der Waals surface area (Å²) >= 11 is 1.54. The van der Waals surface area contributed by atoms with Crippen LogP contribution >= 0.6 is 11.3 Å². The van der Waals surface area contributed by atoms with Crippen molar-refractivity contribution in [2.45, 2.75) is 33.4 Å². The van der Waals surface area contributed by atoms with Gasteiger partial charge in [-0.15, -0.1) is 11.3 Å². The second-order valence-corrected chi connectivity index (χ2v) is 6.15. The lowest BCUT2D eigenvalue weighted by Gasteiger charge is -2.18. The maximum atomic E-state index is 11.9. The Bertz CT molecular complexity index is 599. The highest BCUT2D eigenvalue weighted by Gasteiger charge is 2.10. The minimum atomic E-state index is -0.210. The fourth-order valence-electron chi connectivity index (χ4n) is 1.67. The Morgan fingerprint density at radius 1 is 1.36 bits per heavy atom. The number of carbonyl (C=O) groups excluding carboxylic acids is 1. The number of ether oxygens (including phenoxy) is 1. The molecular formula is C16H21N3O2S. The number of benzene rings is 1. The van der Waals surface area contributed by atoms with Gasteiger partial charge in [0, 0.05) is 23.2 Å². The average Bonchev–Trinajstić information content (AvgIpc) is 2.98. The molecule has 22 heavy (non-hydrogen) atoms. The van der Waals surface area contributed by atoms with Crippen molar-refractivity contribution in [1.82, 2.24) is 10.3 Å². The Morgan fingerprint density at radius 3 is 2.86 bits per heavy atom. The lowest BCUT2D eigenvalue weighted by molar-refractivity contribution is 0.246. The summed E-state index contributed by atoms with van der Waals surface area (Å²) in [6.45, 7) is 6.54. The molecule has 1 atom stereocenters. The van der Waals surface area contributed by atoms with Crippen molar-refractivity contribution in [2.75, 3.05) is 5.32 Å². The second kappa shape index (κ2) is 7.79. The van der Waals surface area contributed by atoms with E-state index in [0.717, 1.165) is 5.69 Å². The van der Waals surface area contributed by atoms with Crippen LogP contribution in [0.3, 0.4) is 0 Å². The number of anilines is 1. The Hall–Kier alpha value is -2.08. The quantitative estimate of drug-likeness (QED) is 0.849. The van der Waals surface area contributed by atoms with Crippen LogP contribution in [-0.2, 0) is 6.61 Å². The number of aromatic nitrogens is 1. The summed E-state index contributed by atoms with van der Waals surface area (Å²) in [6.07, 6.45) is 0. The van der Waals surface area contributed by atoms with Gasteiger partial charge in [-0.25, -0.2) is 9.78 Å². The third kappa shape index (κ3) is 5.04. The molecule has 0 saturated carbocycles. The van der Waals surface area contributed by atoms with Gasteiger partial charge in [0.15, 0.2) is 0 Å². The largest absolute Gasteiger partial charge is 0.487 e. The zero-order chi connectivity index (χ0) is 15.9. The third-order valence-electron chi connectivity index (χ3n) is 3.32. The standard InChI is InChI=1S/C16H21N3O2S/c1-11(2)12(3)18-16(20)19-13-5-4-6-15(7-13)21-8-14-9-22-10-17-14/h4-7,9-12H,8H2,1-3H3,(H2,18,19,20). The van der Waals surface area contributed by atoms with E-state index in [2.05, 4.69) is 29.5 Å². The number of nitrogens with one attached hydrogen (secondary N) is 2. The second-order valence-electron chi connectivity index (χ2n) is 5.43. The van der Waals surface area contributed by atoms with Crippen molar-refractivity contribution in [3.63, 3.8) is 0 Å². The van der Waals surface area contributed by atoms with Gasteiger partial charge in [0.2, 0.25) is 0 Å². The highest BCUT2D eigenvalue weighted by Crippen LogP contribution is 2.18. The molecule has 0 aliphatic rings. The number of amides is 2. The van der Waals surface area contributed by atoms with E-state index >= 15 is 0 Å². The first-order valence-corrected chi connectivity index (χ1v) is 8.16. The molecule has 118 valence electrons. The normalized spacial score (nSPS) is 12.0. The molecule has 1 aromatic heterocycles.